The number of hydrogen-bond acceptors (Lipinski definition) is 6. The lowest BCUT2D eigenvalue weighted by molar-refractivity contribution is -0.131. The lowest BCUT2D eigenvalue weighted by Gasteiger charge is -2.27. The molecule has 3 aromatic rings. The van der Waals surface area contributed by atoms with Crippen molar-refractivity contribution < 1.29 is 38.1 Å². The summed E-state index contributed by atoms with van der Waals surface area (Å²) >= 11 is 0. The van der Waals surface area contributed by atoms with Gasteiger partial charge in [-0.2, -0.15) is 0 Å². The van der Waals surface area contributed by atoms with E-state index in [1.54, 1.807) is 35.2 Å². The van der Waals surface area contributed by atoms with Gasteiger partial charge < -0.3 is 34.9 Å². The number of rotatable bonds is 9. The first-order chi connectivity index (χ1) is 19.3. The molecule has 0 aromatic heterocycles. The van der Waals surface area contributed by atoms with E-state index in [0.29, 0.717) is 35.5 Å². The van der Waals surface area contributed by atoms with Gasteiger partial charge in [0.1, 0.15) is 17.1 Å². The summed E-state index contributed by atoms with van der Waals surface area (Å²) in [6.45, 7) is 0.530. The number of nitrogens with zero attached hydrogens (tertiary/aromatic N) is 1. The predicted octanol–water partition coefficient (Wildman–Crippen LogP) is 5.10. The fourth-order valence-corrected chi connectivity index (χ4v) is 4.87. The largest absolute Gasteiger partial charge is 0.495 e. The van der Waals surface area contributed by atoms with E-state index in [4.69, 9.17) is 14.2 Å². The highest BCUT2D eigenvalue weighted by atomic mass is 19.1. The van der Waals surface area contributed by atoms with E-state index < -0.39 is 17.8 Å². The number of carbonyl (C=O) groups is 3. The van der Waals surface area contributed by atoms with Gasteiger partial charge in [0.2, 0.25) is 5.91 Å². The lowest BCUT2D eigenvalue weighted by atomic mass is 9.99. The topological polar surface area (TPSA) is 126 Å². The van der Waals surface area contributed by atoms with Crippen molar-refractivity contribution in [3.63, 3.8) is 0 Å². The number of aromatic carboxylic acids is 1. The SMILES string of the molecule is COc1cc(CC(=O)N2CCCC2c2ccc(C(=O)O)c(OC)c2OC)ccc1NC(=O)Nc1ccccc1F. The third kappa shape index (κ3) is 5.93. The fourth-order valence-electron chi connectivity index (χ4n) is 4.87. The molecule has 4 rings (SSSR count). The van der Waals surface area contributed by atoms with Crippen molar-refractivity contribution in [3.05, 3.63) is 77.1 Å². The van der Waals surface area contributed by atoms with Crippen molar-refractivity contribution in [3.8, 4) is 17.2 Å². The predicted molar refractivity (Wildman–Crippen MR) is 146 cm³/mol. The summed E-state index contributed by atoms with van der Waals surface area (Å²) in [5.41, 5.74) is 1.70. The molecule has 0 spiro atoms. The molecule has 0 bridgehead atoms. The van der Waals surface area contributed by atoms with Crippen LogP contribution in [0.2, 0.25) is 0 Å². The molecule has 1 unspecified atom stereocenters. The molecule has 3 N–H and O–H groups in total. The molecule has 1 aliphatic heterocycles. The van der Waals surface area contributed by atoms with E-state index in [2.05, 4.69) is 10.6 Å². The van der Waals surface area contributed by atoms with Crippen LogP contribution >= 0.6 is 0 Å². The van der Waals surface area contributed by atoms with Crippen LogP contribution in [0.1, 0.15) is 40.4 Å². The van der Waals surface area contributed by atoms with Gasteiger partial charge in [-0.1, -0.05) is 24.3 Å². The zero-order chi connectivity index (χ0) is 28.8. The number of methoxy groups -OCH3 is 3. The Morgan fingerprint density at radius 1 is 0.950 bits per heavy atom. The van der Waals surface area contributed by atoms with Gasteiger partial charge >= 0.3 is 12.0 Å². The van der Waals surface area contributed by atoms with Crippen molar-refractivity contribution in [1.82, 2.24) is 4.90 Å². The molecule has 210 valence electrons. The van der Waals surface area contributed by atoms with Crippen LogP contribution in [-0.2, 0) is 11.2 Å². The van der Waals surface area contributed by atoms with Crippen molar-refractivity contribution >= 4 is 29.3 Å². The third-order valence-corrected chi connectivity index (χ3v) is 6.70. The smallest absolute Gasteiger partial charge is 0.339 e. The third-order valence-electron chi connectivity index (χ3n) is 6.70. The Labute approximate surface area is 230 Å². The second-order valence-corrected chi connectivity index (χ2v) is 9.09. The van der Waals surface area contributed by atoms with E-state index in [9.17, 15) is 23.9 Å². The summed E-state index contributed by atoms with van der Waals surface area (Å²) in [7, 11) is 4.26. The Morgan fingerprint density at radius 2 is 1.68 bits per heavy atom. The van der Waals surface area contributed by atoms with Gasteiger partial charge in [-0.3, -0.25) is 4.79 Å². The van der Waals surface area contributed by atoms with Crippen LogP contribution < -0.4 is 24.8 Å². The summed E-state index contributed by atoms with van der Waals surface area (Å²) in [6, 6.07) is 12.9. The van der Waals surface area contributed by atoms with Gasteiger partial charge in [-0.25, -0.2) is 14.0 Å². The minimum atomic E-state index is -1.14. The first kappa shape index (κ1) is 28.2. The van der Waals surface area contributed by atoms with Gasteiger partial charge in [0, 0.05) is 12.1 Å². The molecule has 0 saturated carbocycles. The maximum atomic E-state index is 13.9. The lowest BCUT2D eigenvalue weighted by Crippen LogP contribution is -2.32. The molecule has 40 heavy (non-hydrogen) atoms. The maximum Gasteiger partial charge on any atom is 0.339 e. The Hall–Kier alpha value is -4.80. The number of hydrogen-bond donors (Lipinski definition) is 3. The number of urea groups is 1. The van der Waals surface area contributed by atoms with Crippen LogP contribution in [0.25, 0.3) is 0 Å². The molecule has 1 heterocycles. The first-order valence-corrected chi connectivity index (χ1v) is 12.5. The Morgan fingerprint density at radius 3 is 2.35 bits per heavy atom. The van der Waals surface area contributed by atoms with Gasteiger partial charge in [0.25, 0.3) is 0 Å². The van der Waals surface area contributed by atoms with Gasteiger partial charge in [-0.05, 0) is 48.7 Å². The summed E-state index contributed by atoms with van der Waals surface area (Å²) < 4.78 is 30.2. The number of para-hydroxylation sites is 1. The summed E-state index contributed by atoms with van der Waals surface area (Å²) in [6.07, 6.45) is 1.52. The van der Waals surface area contributed by atoms with Gasteiger partial charge in [-0.15, -0.1) is 0 Å². The van der Waals surface area contributed by atoms with Gasteiger partial charge in [0.15, 0.2) is 11.5 Å². The standard InChI is InChI=1S/C29H30FN3O7/c1-38-24-15-17(10-13-22(24)32-29(37)31-21-8-5-4-7-20(21)30)16-25(34)33-14-6-9-23(33)18-11-12-19(28(35)36)27(40-3)26(18)39-2/h4-5,7-8,10-13,15,23H,6,9,14,16H2,1-3H3,(H,35,36)(H2,31,32,37). The van der Waals surface area contributed by atoms with E-state index in [-0.39, 0.29) is 41.1 Å². The van der Waals surface area contributed by atoms with Crippen LogP contribution in [0.15, 0.2) is 54.6 Å². The number of halogens is 1. The minimum Gasteiger partial charge on any atom is -0.495 e. The molecule has 11 heteroatoms. The number of nitrogens with one attached hydrogen (secondary N) is 2. The number of benzene rings is 3. The highest BCUT2D eigenvalue weighted by Gasteiger charge is 2.34. The number of carbonyl (C=O) groups excluding carboxylic acids is 2. The van der Waals surface area contributed by atoms with Crippen molar-refractivity contribution in [2.24, 2.45) is 0 Å². The van der Waals surface area contributed by atoms with Crippen LogP contribution in [0.4, 0.5) is 20.6 Å². The highest BCUT2D eigenvalue weighted by molar-refractivity contribution is 6.00. The Bertz CT molecular complexity index is 1430. The highest BCUT2D eigenvalue weighted by Crippen LogP contribution is 2.43. The number of carboxylic acids is 1. The number of amides is 3. The number of anilines is 2. The van der Waals surface area contributed by atoms with Crippen LogP contribution in [0.5, 0.6) is 17.2 Å². The second kappa shape index (κ2) is 12.4. The van der Waals surface area contributed by atoms with Crippen molar-refractivity contribution in [2.75, 3.05) is 38.5 Å². The van der Waals surface area contributed by atoms with E-state index >= 15 is 0 Å². The number of ether oxygens (including phenoxy) is 3. The Balaban J connectivity index is 1.50. The van der Waals surface area contributed by atoms with Crippen molar-refractivity contribution in [2.45, 2.75) is 25.3 Å². The molecule has 1 aliphatic rings. The average Bonchev–Trinajstić information content (AvgIpc) is 3.44. The molecule has 0 radical (unpaired) electrons. The fraction of sp³-hybridized carbons (Fsp3) is 0.276. The number of likely N-dealkylation sites (tertiary alicyclic amines) is 1. The zero-order valence-corrected chi connectivity index (χ0v) is 22.3. The normalized spacial score (nSPS) is 14.4. The molecule has 3 aromatic carbocycles. The van der Waals surface area contributed by atoms with E-state index in [1.807, 2.05) is 0 Å². The monoisotopic (exact) mass is 551 g/mol. The molecule has 1 saturated heterocycles. The molecule has 0 aliphatic carbocycles. The van der Waals surface area contributed by atoms with Crippen LogP contribution in [0.3, 0.4) is 0 Å². The molecule has 1 atom stereocenters. The first-order valence-electron chi connectivity index (χ1n) is 12.5. The van der Waals surface area contributed by atoms with Crippen LogP contribution in [0, 0.1) is 5.82 Å². The summed E-state index contributed by atoms with van der Waals surface area (Å²) in [4.78, 5) is 39.2. The molecule has 1 fully saturated rings. The van der Waals surface area contributed by atoms with E-state index in [1.165, 1.54) is 45.6 Å². The molecular weight excluding hydrogens is 521 g/mol. The zero-order valence-electron chi connectivity index (χ0n) is 22.3. The van der Waals surface area contributed by atoms with Gasteiger partial charge in [0.05, 0.1) is 45.2 Å². The molecular formula is C29H30FN3O7. The second-order valence-electron chi connectivity index (χ2n) is 9.09. The molecule has 3 amide bonds. The Kier molecular flexibility index (Phi) is 8.73. The minimum absolute atomic E-state index is 0.0256. The average molecular weight is 552 g/mol. The maximum absolute atomic E-state index is 13.9. The summed E-state index contributed by atoms with van der Waals surface area (Å²) in [5, 5.41) is 14.6. The quantitative estimate of drug-likeness (QED) is 0.338. The van der Waals surface area contributed by atoms with Crippen LogP contribution in [-0.4, -0.2) is 55.8 Å². The summed E-state index contributed by atoms with van der Waals surface area (Å²) in [5.74, 6) is -1.10. The molecule has 10 nitrogen and oxygen atoms in total. The van der Waals surface area contributed by atoms with E-state index in [0.717, 1.165) is 6.42 Å². The van der Waals surface area contributed by atoms with Crippen molar-refractivity contribution in [1.29, 1.82) is 0 Å². The number of carboxylic acid groups (broad SMARTS) is 1.